The number of hydrogen-bond acceptors (Lipinski definition) is 4. The van der Waals surface area contributed by atoms with E-state index in [0.29, 0.717) is 22.4 Å². The summed E-state index contributed by atoms with van der Waals surface area (Å²) in [6.07, 6.45) is -4.28. The van der Waals surface area contributed by atoms with Crippen LogP contribution in [0.5, 0.6) is 0 Å². The lowest BCUT2D eigenvalue weighted by atomic mass is 10.2. The van der Waals surface area contributed by atoms with Crippen molar-refractivity contribution in [1.29, 1.82) is 0 Å². The predicted octanol–water partition coefficient (Wildman–Crippen LogP) is 2.12. The summed E-state index contributed by atoms with van der Waals surface area (Å²) in [5.41, 5.74) is -1.78. The van der Waals surface area contributed by atoms with Crippen molar-refractivity contribution in [2.45, 2.75) is 24.5 Å². The fraction of sp³-hybridized carbons (Fsp3) is 0.200. The molecule has 0 saturated heterocycles. The molecule has 0 aliphatic carbocycles. The minimum absolute atomic E-state index is 0.0424. The molecule has 0 radical (unpaired) electrons. The number of benzene rings is 1. The molecule has 1 amide bonds. The molecule has 0 atom stereocenters. The van der Waals surface area contributed by atoms with E-state index in [-0.39, 0.29) is 10.6 Å². The molecule has 2 rings (SSSR count). The smallest absolute Gasteiger partial charge is 0.324 e. The Morgan fingerprint density at radius 2 is 1.93 bits per heavy atom. The van der Waals surface area contributed by atoms with Crippen LogP contribution in [0.25, 0.3) is 0 Å². The monoisotopic (exact) mass is 423 g/mol. The molecular weight excluding hydrogens is 411 g/mol. The summed E-state index contributed by atoms with van der Waals surface area (Å²) in [4.78, 5) is 23.7. The van der Waals surface area contributed by atoms with Gasteiger partial charge in [-0.3, -0.25) is 9.59 Å². The van der Waals surface area contributed by atoms with Gasteiger partial charge < -0.3 is 9.88 Å². The number of aryl methyl sites for hydroxylation is 1. The van der Waals surface area contributed by atoms with Gasteiger partial charge in [0.2, 0.25) is 15.9 Å². The third kappa shape index (κ3) is 5.08. The molecule has 0 spiro atoms. The maximum absolute atomic E-state index is 12.8. The van der Waals surface area contributed by atoms with Crippen molar-refractivity contribution >= 4 is 33.2 Å². The number of nitrogens with two attached hydrogens (primary N) is 1. The predicted molar refractivity (Wildman–Crippen MR) is 91.9 cm³/mol. The maximum atomic E-state index is 12.8. The molecular formula is C15H13ClF3N3O4S. The van der Waals surface area contributed by atoms with Crippen LogP contribution in [-0.2, 0) is 27.5 Å². The number of rotatable bonds is 4. The van der Waals surface area contributed by atoms with Crippen LogP contribution in [0.3, 0.4) is 0 Å². The van der Waals surface area contributed by atoms with Gasteiger partial charge >= 0.3 is 6.18 Å². The van der Waals surface area contributed by atoms with Gasteiger partial charge in [-0.1, -0.05) is 17.7 Å². The Balaban J connectivity index is 2.30. The maximum Gasteiger partial charge on any atom is 0.417 e. The van der Waals surface area contributed by atoms with E-state index in [0.717, 1.165) is 6.07 Å². The number of pyridine rings is 1. The van der Waals surface area contributed by atoms with Crippen LogP contribution in [0, 0.1) is 6.92 Å². The number of amides is 1. The standard InChI is InChI=1S/C15H13ClF3N3O4S/c1-8-2-3-10(5-12(8)27(20,25)26)21-13(23)7-22-6-9(15(17,18)19)4-11(16)14(22)24/h2-6H,7H2,1H3,(H,21,23)(H2,20,25,26). The van der Waals surface area contributed by atoms with Crippen LogP contribution >= 0.6 is 11.6 Å². The summed E-state index contributed by atoms with van der Waals surface area (Å²) in [5, 5.41) is 6.67. The Hall–Kier alpha value is -2.37. The summed E-state index contributed by atoms with van der Waals surface area (Å²) >= 11 is 5.51. The molecule has 146 valence electrons. The van der Waals surface area contributed by atoms with Gasteiger partial charge in [-0.15, -0.1) is 0 Å². The first-order valence-electron chi connectivity index (χ1n) is 7.19. The number of anilines is 1. The molecule has 0 bridgehead atoms. The minimum Gasteiger partial charge on any atom is -0.324 e. The molecule has 12 heteroatoms. The second-order valence-corrected chi connectivity index (χ2v) is 7.52. The van der Waals surface area contributed by atoms with E-state index >= 15 is 0 Å². The zero-order valence-electron chi connectivity index (χ0n) is 13.7. The fourth-order valence-corrected chi connectivity index (χ4v) is 3.25. The zero-order chi connectivity index (χ0) is 20.6. The largest absolute Gasteiger partial charge is 0.417 e. The molecule has 2 aromatic rings. The summed E-state index contributed by atoms with van der Waals surface area (Å²) < 4.78 is 61.9. The number of nitrogens with one attached hydrogen (secondary N) is 1. The minimum atomic E-state index is -4.75. The van der Waals surface area contributed by atoms with Gasteiger partial charge in [-0.25, -0.2) is 13.6 Å². The van der Waals surface area contributed by atoms with Crippen molar-refractivity contribution in [1.82, 2.24) is 4.57 Å². The van der Waals surface area contributed by atoms with E-state index in [9.17, 15) is 31.2 Å². The van der Waals surface area contributed by atoms with Crippen LogP contribution < -0.4 is 16.0 Å². The summed E-state index contributed by atoms with van der Waals surface area (Å²) in [5.74, 6) is -0.864. The Labute approximate surface area is 156 Å². The van der Waals surface area contributed by atoms with E-state index in [1.54, 1.807) is 0 Å². The fourth-order valence-electron chi connectivity index (χ4n) is 2.21. The summed E-state index contributed by atoms with van der Waals surface area (Å²) in [7, 11) is -4.03. The van der Waals surface area contributed by atoms with Crippen molar-refractivity contribution in [2.24, 2.45) is 5.14 Å². The molecule has 3 N–H and O–H groups in total. The normalized spacial score (nSPS) is 12.1. The molecule has 0 aliphatic heterocycles. The summed E-state index contributed by atoms with van der Waals surface area (Å²) in [6, 6.07) is 4.34. The van der Waals surface area contributed by atoms with Gasteiger partial charge in [0.1, 0.15) is 11.6 Å². The van der Waals surface area contributed by atoms with Crippen molar-refractivity contribution in [2.75, 3.05) is 5.32 Å². The topological polar surface area (TPSA) is 111 Å². The Kier molecular flexibility index (Phi) is 5.68. The second-order valence-electron chi connectivity index (χ2n) is 5.58. The number of alkyl halides is 3. The molecule has 1 aromatic carbocycles. The lowest BCUT2D eigenvalue weighted by Gasteiger charge is -2.12. The Bertz CT molecular complexity index is 1060. The number of carbonyl (C=O) groups excluding carboxylic acids is 1. The number of nitrogens with zero attached hydrogens (tertiary/aromatic N) is 1. The first-order chi connectivity index (χ1) is 12.3. The average molecular weight is 424 g/mol. The molecule has 27 heavy (non-hydrogen) atoms. The average Bonchev–Trinajstić information content (AvgIpc) is 2.51. The molecule has 0 fully saturated rings. The Morgan fingerprint density at radius 3 is 2.48 bits per heavy atom. The highest BCUT2D eigenvalue weighted by Crippen LogP contribution is 2.29. The molecule has 0 saturated carbocycles. The van der Waals surface area contributed by atoms with Crippen LogP contribution in [0.15, 0.2) is 40.2 Å². The first-order valence-corrected chi connectivity index (χ1v) is 9.12. The summed E-state index contributed by atoms with van der Waals surface area (Å²) in [6.45, 7) is 0.733. The SMILES string of the molecule is Cc1ccc(NC(=O)Cn2cc(C(F)(F)F)cc(Cl)c2=O)cc1S(N)(=O)=O. The van der Waals surface area contributed by atoms with Crippen LogP contribution in [0.2, 0.25) is 5.02 Å². The van der Waals surface area contributed by atoms with Crippen molar-refractivity contribution in [3.05, 3.63) is 57.0 Å². The third-order valence-corrected chi connectivity index (χ3v) is 4.79. The van der Waals surface area contributed by atoms with E-state index < -0.39 is 44.8 Å². The highest BCUT2D eigenvalue weighted by molar-refractivity contribution is 7.89. The van der Waals surface area contributed by atoms with E-state index in [2.05, 4.69) is 5.32 Å². The van der Waals surface area contributed by atoms with Gasteiger partial charge in [0.05, 0.1) is 10.5 Å². The van der Waals surface area contributed by atoms with Crippen LogP contribution in [0.4, 0.5) is 18.9 Å². The number of carbonyl (C=O) groups is 1. The zero-order valence-corrected chi connectivity index (χ0v) is 15.2. The number of halogens is 4. The molecule has 7 nitrogen and oxygen atoms in total. The van der Waals surface area contributed by atoms with Gasteiger partial charge in [-0.05, 0) is 30.7 Å². The van der Waals surface area contributed by atoms with E-state index in [4.69, 9.17) is 16.7 Å². The lowest BCUT2D eigenvalue weighted by molar-refractivity contribution is -0.138. The van der Waals surface area contributed by atoms with Gasteiger partial charge in [-0.2, -0.15) is 13.2 Å². The number of sulfonamides is 1. The Morgan fingerprint density at radius 1 is 1.30 bits per heavy atom. The van der Waals surface area contributed by atoms with Crippen molar-refractivity contribution in [3.63, 3.8) is 0 Å². The van der Waals surface area contributed by atoms with E-state index in [1.807, 2.05) is 0 Å². The van der Waals surface area contributed by atoms with Gasteiger partial charge in [0.15, 0.2) is 0 Å². The van der Waals surface area contributed by atoms with Crippen molar-refractivity contribution in [3.8, 4) is 0 Å². The molecule has 0 aliphatic rings. The first kappa shape index (κ1) is 20.9. The van der Waals surface area contributed by atoms with Crippen molar-refractivity contribution < 1.29 is 26.4 Å². The van der Waals surface area contributed by atoms with E-state index in [1.165, 1.54) is 19.1 Å². The number of hydrogen-bond donors (Lipinski definition) is 2. The highest BCUT2D eigenvalue weighted by Gasteiger charge is 2.32. The lowest BCUT2D eigenvalue weighted by Crippen LogP contribution is -2.29. The van der Waals surface area contributed by atoms with Crippen LogP contribution in [-0.4, -0.2) is 18.9 Å². The second kappa shape index (κ2) is 7.33. The quantitative estimate of drug-likeness (QED) is 0.784. The number of primary sulfonamides is 1. The molecule has 0 unspecified atom stereocenters. The molecule has 1 aromatic heterocycles. The highest BCUT2D eigenvalue weighted by atomic mass is 35.5. The van der Waals surface area contributed by atoms with Gasteiger partial charge in [0, 0.05) is 11.9 Å². The van der Waals surface area contributed by atoms with Crippen LogP contribution in [0.1, 0.15) is 11.1 Å². The van der Waals surface area contributed by atoms with Gasteiger partial charge in [0.25, 0.3) is 5.56 Å². The number of aromatic nitrogens is 1. The third-order valence-electron chi connectivity index (χ3n) is 3.46. The molecule has 1 heterocycles.